The van der Waals surface area contributed by atoms with Crippen LogP contribution in [-0.4, -0.2) is 24.9 Å². The van der Waals surface area contributed by atoms with Gasteiger partial charge in [-0.1, -0.05) is 6.07 Å². The Morgan fingerprint density at radius 2 is 1.85 bits per heavy atom. The molecule has 0 saturated carbocycles. The number of ketones is 1. The molecule has 0 aliphatic heterocycles. The maximum atomic E-state index is 15.1. The van der Waals surface area contributed by atoms with Crippen molar-refractivity contribution in [2.24, 2.45) is 0 Å². The Balaban J connectivity index is 1.25. The van der Waals surface area contributed by atoms with Gasteiger partial charge in [0.2, 0.25) is 0 Å². The second-order valence-corrected chi connectivity index (χ2v) is 9.55. The molecule has 192 valence electrons. The Kier molecular flexibility index (Phi) is 6.29. The van der Waals surface area contributed by atoms with Crippen molar-refractivity contribution in [3.05, 3.63) is 130 Å². The Bertz CT molecular complexity index is 1880. The van der Waals surface area contributed by atoms with Crippen LogP contribution < -0.4 is 10.3 Å². The van der Waals surface area contributed by atoms with Crippen molar-refractivity contribution in [2.75, 3.05) is 0 Å². The molecule has 0 amide bonds. The van der Waals surface area contributed by atoms with Crippen molar-refractivity contribution in [3.8, 4) is 27.6 Å². The summed E-state index contributed by atoms with van der Waals surface area (Å²) in [7, 11) is 0. The summed E-state index contributed by atoms with van der Waals surface area (Å²) in [5, 5.41) is 4.27. The third-order valence-corrected chi connectivity index (χ3v) is 6.94. The number of thiazole rings is 1. The number of pyridine rings is 2. The van der Waals surface area contributed by atoms with Crippen LogP contribution in [-0.2, 0) is 6.42 Å². The van der Waals surface area contributed by atoms with E-state index in [1.54, 1.807) is 46.7 Å². The van der Waals surface area contributed by atoms with E-state index in [2.05, 4.69) is 10.1 Å². The van der Waals surface area contributed by atoms with Gasteiger partial charge < -0.3 is 4.74 Å². The molecule has 0 spiro atoms. The van der Waals surface area contributed by atoms with Crippen LogP contribution in [0.1, 0.15) is 15.9 Å². The van der Waals surface area contributed by atoms with Crippen LogP contribution in [0.5, 0.6) is 11.5 Å². The van der Waals surface area contributed by atoms with Gasteiger partial charge in [-0.3, -0.25) is 19.1 Å². The van der Waals surface area contributed by atoms with Gasteiger partial charge in [-0.2, -0.15) is 5.10 Å². The number of carbonyl (C=O) groups excluding carboxylic acids is 1. The van der Waals surface area contributed by atoms with Gasteiger partial charge in [-0.15, -0.1) is 11.3 Å². The van der Waals surface area contributed by atoms with Crippen LogP contribution in [0.25, 0.3) is 21.6 Å². The van der Waals surface area contributed by atoms with E-state index in [4.69, 9.17) is 4.74 Å². The summed E-state index contributed by atoms with van der Waals surface area (Å²) in [6.07, 6.45) is 6.51. The molecule has 4 aromatic heterocycles. The molecule has 10 heteroatoms. The van der Waals surface area contributed by atoms with Gasteiger partial charge in [0, 0.05) is 36.3 Å². The van der Waals surface area contributed by atoms with Gasteiger partial charge >= 0.3 is 0 Å². The second-order valence-electron chi connectivity index (χ2n) is 8.66. The second kappa shape index (κ2) is 10.1. The summed E-state index contributed by atoms with van der Waals surface area (Å²) in [4.78, 5) is 30.9. The zero-order valence-electron chi connectivity index (χ0n) is 20.1. The molecule has 0 atom stereocenters. The van der Waals surface area contributed by atoms with Crippen molar-refractivity contribution >= 4 is 22.6 Å². The molecule has 4 heterocycles. The highest BCUT2D eigenvalue weighted by molar-refractivity contribution is 7.13. The first-order chi connectivity index (χ1) is 19.0. The van der Waals surface area contributed by atoms with Crippen molar-refractivity contribution in [3.63, 3.8) is 0 Å². The van der Waals surface area contributed by atoms with Crippen LogP contribution in [0.4, 0.5) is 8.78 Å². The first-order valence-corrected chi connectivity index (χ1v) is 12.7. The molecule has 0 fully saturated rings. The fraction of sp³-hybridized carbons (Fsp3) is 0.0345. The molecular weight excluding hydrogens is 522 g/mol. The fourth-order valence-corrected chi connectivity index (χ4v) is 4.82. The minimum absolute atomic E-state index is 0.0193. The maximum absolute atomic E-state index is 15.1. The van der Waals surface area contributed by atoms with E-state index in [0.29, 0.717) is 22.5 Å². The fourth-order valence-electron chi connectivity index (χ4n) is 4.22. The number of aromatic nitrogens is 4. The monoisotopic (exact) mass is 540 g/mol. The zero-order chi connectivity index (χ0) is 26.9. The molecule has 39 heavy (non-hydrogen) atoms. The summed E-state index contributed by atoms with van der Waals surface area (Å²) in [6, 6.07) is 16.1. The minimum atomic E-state index is -0.655. The lowest BCUT2D eigenvalue weighted by Crippen LogP contribution is -2.25. The van der Waals surface area contributed by atoms with E-state index in [1.807, 2.05) is 6.20 Å². The molecular formula is C29H18F2N4O3S. The van der Waals surface area contributed by atoms with Crippen LogP contribution in [0, 0.1) is 11.6 Å². The van der Waals surface area contributed by atoms with Crippen molar-refractivity contribution in [2.45, 2.75) is 6.42 Å². The summed E-state index contributed by atoms with van der Waals surface area (Å²) < 4.78 is 37.3. The molecule has 2 aromatic carbocycles. The van der Waals surface area contributed by atoms with Gasteiger partial charge in [0.1, 0.15) is 11.3 Å². The predicted molar refractivity (Wildman–Crippen MR) is 143 cm³/mol. The number of Topliss-reactive ketones (excluding diaryl/α,β-unsaturated/α-hetero) is 1. The lowest BCUT2D eigenvalue weighted by atomic mass is 10.0. The molecule has 6 rings (SSSR count). The van der Waals surface area contributed by atoms with Crippen molar-refractivity contribution in [1.29, 1.82) is 0 Å². The average molecular weight is 541 g/mol. The van der Waals surface area contributed by atoms with Crippen LogP contribution in [0.15, 0.2) is 102 Å². The minimum Gasteiger partial charge on any atom is -0.452 e. The highest BCUT2D eigenvalue weighted by atomic mass is 32.1. The van der Waals surface area contributed by atoms with Gasteiger partial charge in [0.05, 0.1) is 22.1 Å². The van der Waals surface area contributed by atoms with Crippen molar-refractivity contribution in [1.82, 2.24) is 19.2 Å². The van der Waals surface area contributed by atoms with E-state index in [0.717, 1.165) is 10.4 Å². The normalized spacial score (nSPS) is 11.1. The predicted octanol–water partition coefficient (Wildman–Crippen LogP) is 6.10. The number of carbonyl (C=O) groups is 1. The number of fused-ring (bicyclic) bond motifs is 1. The van der Waals surface area contributed by atoms with Gasteiger partial charge in [0.15, 0.2) is 23.1 Å². The van der Waals surface area contributed by atoms with Crippen LogP contribution >= 0.6 is 11.3 Å². The molecule has 0 N–H and O–H groups in total. The number of halogens is 2. The van der Waals surface area contributed by atoms with E-state index in [1.165, 1.54) is 64.6 Å². The number of nitrogens with zero attached hydrogens (tertiary/aromatic N) is 4. The molecule has 0 unspecified atom stereocenters. The third-order valence-electron chi connectivity index (χ3n) is 6.12. The number of hydrogen-bond acceptors (Lipinski definition) is 6. The molecule has 0 aliphatic rings. The van der Waals surface area contributed by atoms with E-state index in [9.17, 15) is 14.0 Å². The Morgan fingerprint density at radius 1 is 1.00 bits per heavy atom. The lowest BCUT2D eigenvalue weighted by Gasteiger charge is -2.11. The number of hydrogen-bond donors (Lipinski definition) is 0. The smallest absolute Gasteiger partial charge is 0.265 e. The molecule has 0 radical (unpaired) electrons. The van der Waals surface area contributed by atoms with Crippen molar-refractivity contribution < 1.29 is 18.3 Å². The summed E-state index contributed by atoms with van der Waals surface area (Å²) >= 11 is 1.46. The van der Waals surface area contributed by atoms with E-state index < -0.39 is 23.0 Å². The SMILES string of the molecule is O=C(Cc1ccc(Oc2cc(-c3cncs3)cn3nccc23)c(F)c1)c1cccn(-c2ccc(F)cc2)c1=O. The van der Waals surface area contributed by atoms with Crippen LogP contribution in [0.2, 0.25) is 0 Å². The Labute approximate surface area is 224 Å². The first kappa shape index (κ1) is 24.4. The summed E-state index contributed by atoms with van der Waals surface area (Å²) in [6.45, 7) is 0. The molecule has 0 bridgehead atoms. The van der Waals surface area contributed by atoms with Gasteiger partial charge in [-0.25, -0.2) is 13.3 Å². The number of rotatable bonds is 7. The lowest BCUT2D eigenvalue weighted by molar-refractivity contribution is 0.0991. The molecule has 0 aliphatic carbocycles. The van der Waals surface area contributed by atoms with E-state index in [-0.39, 0.29) is 17.7 Å². The average Bonchev–Trinajstić information content (AvgIpc) is 3.63. The van der Waals surface area contributed by atoms with E-state index >= 15 is 4.39 Å². The number of benzene rings is 2. The highest BCUT2D eigenvalue weighted by Gasteiger charge is 2.17. The van der Waals surface area contributed by atoms with Crippen LogP contribution in [0.3, 0.4) is 0 Å². The standard InChI is InChI=1S/C29H18F2N4O3S/c30-20-4-6-21(7-5-20)34-11-1-2-22(29(34)37)25(36)13-18-3-8-26(23(31)12-18)38-27-14-19(28-15-32-17-39-28)16-35-24(27)9-10-33-35/h1-12,14-17H,13H2. The molecule has 0 saturated heterocycles. The highest BCUT2D eigenvalue weighted by Crippen LogP contribution is 2.34. The summed E-state index contributed by atoms with van der Waals surface area (Å²) in [5.41, 5.74) is 3.41. The Morgan fingerprint density at radius 3 is 2.62 bits per heavy atom. The Hall–Kier alpha value is -4.96. The maximum Gasteiger partial charge on any atom is 0.265 e. The molecule has 7 nitrogen and oxygen atoms in total. The zero-order valence-corrected chi connectivity index (χ0v) is 20.9. The first-order valence-electron chi connectivity index (χ1n) is 11.8. The topological polar surface area (TPSA) is 78.5 Å². The van der Waals surface area contributed by atoms with Gasteiger partial charge in [-0.05, 0) is 66.2 Å². The van der Waals surface area contributed by atoms with Gasteiger partial charge in [0.25, 0.3) is 5.56 Å². The summed E-state index contributed by atoms with van der Waals surface area (Å²) in [5.74, 6) is -1.17. The largest absolute Gasteiger partial charge is 0.452 e. The number of ether oxygens (including phenoxy) is 1. The third kappa shape index (κ3) is 4.85. The molecule has 6 aromatic rings. The quantitative estimate of drug-likeness (QED) is 0.229.